The number of hydrogen-bond donors (Lipinski definition) is 1. The summed E-state index contributed by atoms with van der Waals surface area (Å²) in [5, 5.41) is 7.79. The van der Waals surface area contributed by atoms with Crippen LogP contribution in [0.3, 0.4) is 0 Å². The van der Waals surface area contributed by atoms with Crippen molar-refractivity contribution in [1.82, 2.24) is 0 Å². The summed E-state index contributed by atoms with van der Waals surface area (Å²) < 4.78 is 0. The van der Waals surface area contributed by atoms with Gasteiger partial charge in [0.15, 0.2) is 6.42 Å². The third kappa shape index (κ3) is 3.08. The summed E-state index contributed by atoms with van der Waals surface area (Å²) in [4.78, 5) is 9.47. The van der Waals surface area contributed by atoms with Gasteiger partial charge in [-0.15, -0.1) is 0 Å². The van der Waals surface area contributed by atoms with Crippen LogP contribution >= 0.6 is 0 Å². The standard InChI is InChI=1S/C4H4O2/c1-2-3-4(5)6/h2-3H,1H2/p+1. The van der Waals surface area contributed by atoms with E-state index in [1.807, 2.05) is 0 Å². The van der Waals surface area contributed by atoms with E-state index in [-0.39, 0.29) is 0 Å². The molecule has 0 aromatic carbocycles. The molecule has 0 fully saturated rings. The van der Waals surface area contributed by atoms with Crippen LogP contribution in [0.2, 0.25) is 0 Å². The highest BCUT2D eigenvalue weighted by Crippen LogP contribution is 1.71. The number of carboxylic acids is 1. The van der Waals surface area contributed by atoms with Gasteiger partial charge in [-0.3, -0.25) is 0 Å². The molecular formula is C4H5O2+. The second-order valence-corrected chi connectivity index (χ2v) is 0.741. The van der Waals surface area contributed by atoms with Crippen molar-refractivity contribution in [2.24, 2.45) is 0 Å². The van der Waals surface area contributed by atoms with Crippen LogP contribution in [0.4, 0.5) is 0 Å². The number of hydrogen-bond acceptors (Lipinski definition) is 1. The predicted molar refractivity (Wildman–Crippen MR) is 22.1 cm³/mol. The Labute approximate surface area is 36.1 Å². The lowest BCUT2D eigenvalue weighted by Crippen LogP contribution is -1.89. The Bertz CT molecular complexity index is 65.9. The highest BCUT2D eigenvalue weighted by molar-refractivity contribution is 5.78. The Hall–Kier alpha value is -0.920. The van der Waals surface area contributed by atoms with Crippen LogP contribution in [0.1, 0.15) is 0 Å². The molecule has 0 saturated heterocycles. The molecule has 0 aliphatic rings. The number of rotatable bonds is 2. The quantitative estimate of drug-likeness (QED) is 0.494. The summed E-state index contributed by atoms with van der Waals surface area (Å²) in [6.45, 7) is 3.16. The predicted octanol–water partition coefficient (Wildman–Crippen LogP) is 0.461. The zero-order valence-corrected chi connectivity index (χ0v) is 3.22. The molecule has 0 aliphatic heterocycles. The fourth-order valence-corrected chi connectivity index (χ4v) is 0.101. The fourth-order valence-electron chi connectivity index (χ4n) is 0.101. The van der Waals surface area contributed by atoms with Gasteiger partial charge in [0.1, 0.15) is 0 Å². The van der Waals surface area contributed by atoms with Crippen molar-refractivity contribution < 1.29 is 9.90 Å². The molecular weight excluding hydrogens is 80.0 g/mol. The molecule has 0 amide bonds. The van der Waals surface area contributed by atoms with E-state index in [9.17, 15) is 4.79 Å². The van der Waals surface area contributed by atoms with Gasteiger partial charge in [-0.1, -0.05) is 0 Å². The Morgan fingerprint density at radius 1 is 2.00 bits per heavy atom. The molecule has 32 valence electrons. The maximum Gasteiger partial charge on any atom is 0.413 e. The van der Waals surface area contributed by atoms with Crippen LogP contribution in [0.15, 0.2) is 12.7 Å². The minimum Gasteiger partial charge on any atom is -0.463 e. The lowest BCUT2D eigenvalue weighted by Gasteiger charge is -1.66. The zero-order chi connectivity index (χ0) is 4.99. The highest BCUT2D eigenvalue weighted by Gasteiger charge is 1.94. The van der Waals surface area contributed by atoms with Crippen LogP contribution < -0.4 is 0 Å². The number of carbonyl (C=O) groups is 1. The first-order valence-electron chi connectivity index (χ1n) is 1.46. The summed E-state index contributed by atoms with van der Waals surface area (Å²) in [6, 6.07) is 0. The Morgan fingerprint density at radius 2 is 2.50 bits per heavy atom. The van der Waals surface area contributed by atoms with Crippen molar-refractivity contribution in [2.45, 2.75) is 0 Å². The highest BCUT2D eigenvalue weighted by atomic mass is 16.4. The summed E-state index contributed by atoms with van der Waals surface area (Å²) in [5.41, 5.74) is 0. The topological polar surface area (TPSA) is 37.3 Å². The molecule has 0 saturated carbocycles. The SMILES string of the molecule is C=C[CH+]C(=O)O. The Morgan fingerprint density at radius 3 is 2.50 bits per heavy atom. The van der Waals surface area contributed by atoms with Crippen molar-refractivity contribution in [3.63, 3.8) is 0 Å². The molecule has 0 unspecified atom stereocenters. The average Bonchev–Trinajstić information content (AvgIpc) is 1.35. The molecule has 0 radical (unpaired) electrons. The smallest absolute Gasteiger partial charge is 0.413 e. The maximum absolute atomic E-state index is 9.47. The van der Waals surface area contributed by atoms with Gasteiger partial charge in [0, 0.05) is 6.58 Å². The fraction of sp³-hybridized carbons (Fsp3) is 0. The van der Waals surface area contributed by atoms with Crippen LogP contribution in [-0.4, -0.2) is 11.1 Å². The molecule has 0 rings (SSSR count). The molecule has 0 aromatic heterocycles. The van der Waals surface area contributed by atoms with Crippen molar-refractivity contribution in [3.8, 4) is 0 Å². The second kappa shape index (κ2) is 2.33. The molecule has 0 spiro atoms. The van der Waals surface area contributed by atoms with Crippen molar-refractivity contribution in [1.29, 1.82) is 0 Å². The number of carboxylic acid groups (broad SMARTS) is 1. The molecule has 2 nitrogen and oxygen atoms in total. The molecule has 0 heterocycles. The molecule has 1 N–H and O–H groups in total. The number of aliphatic carboxylic acids is 1. The third-order valence-corrected chi connectivity index (χ3v) is 0.260. The lowest BCUT2D eigenvalue weighted by molar-refractivity contribution is -0.132. The first kappa shape index (κ1) is 5.08. The Kier molecular flexibility index (Phi) is 1.97. The van der Waals surface area contributed by atoms with Crippen molar-refractivity contribution in [3.05, 3.63) is 19.1 Å². The first-order chi connectivity index (χ1) is 2.77. The van der Waals surface area contributed by atoms with E-state index in [1.165, 1.54) is 6.08 Å². The third-order valence-electron chi connectivity index (χ3n) is 0.260. The summed E-state index contributed by atoms with van der Waals surface area (Å²) >= 11 is 0. The van der Waals surface area contributed by atoms with Gasteiger partial charge in [0.25, 0.3) is 0 Å². The van der Waals surface area contributed by atoms with E-state index in [0.29, 0.717) is 0 Å². The largest absolute Gasteiger partial charge is 0.463 e. The summed E-state index contributed by atoms with van der Waals surface area (Å²) in [6.07, 6.45) is 2.20. The van der Waals surface area contributed by atoms with E-state index in [2.05, 4.69) is 6.58 Å². The van der Waals surface area contributed by atoms with Gasteiger partial charge in [-0.05, 0) is 0 Å². The van der Waals surface area contributed by atoms with E-state index in [0.717, 1.165) is 6.42 Å². The minimum absolute atomic E-state index is 0.954. The second-order valence-electron chi connectivity index (χ2n) is 0.741. The molecule has 6 heavy (non-hydrogen) atoms. The van der Waals surface area contributed by atoms with Crippen molar-refractivity contribution in [2.75, 3.05) is 0 Å². The monoisotopic (exact) mass is 85.0 g/mol. The maximum atomic E-state index is 9.47. The van der Waals surface area contributed by atoms with Crippen LogP contribution in [0.25, 0.3) is 0 Å². The van der Waals surface area contributed by atoms with E-state index in [1.54, 1.807) is 0 Å². The van der Waals surface area contributed by atoms with E-state index in [4.69, 9.17) is 5.11 Å². The van der Waals surface area contributed by atoms with Gasteiger partial charge in [0.2, 0.25) is 0 Å². The van der Waals surface area contributed by atoms with Crippen LogP contribution in [-0.2, 0) is 4.79 Å². The molecule has 0 atom stereocenters. The van der Waals surface area contributed by atoms with Gasteiger partial charge in [-0.25, -0.2) is 4.79 Å². The normalized spacial score (nSPS) is 6.67. The van der Waals surface area contributed by atoms with Crippen LogP contribution in [0.5, 0.6) is 0 Å². The van der Waals surface area contributed by atoms with E-state index < -0.39 is 5.97 Å². The van der Waals surface area contributed by atoms with Gasteiger partial charge in [-0.2, -0.15) is 0 Å². The lowest BCUT2D eigenvalue weighted by atomic mass is 10.4. The summed E-state index contributed by atoms with van der Waals surface area (Å²) in [7, 11) is 0. The minimum atomic E-state index is -0.954. The van der Waals surface area contributed by atoms with Gasteiger partial charge >= 0.3 is 5.97 Å². The Balaban J connectivity index is 3.05. The van der Waals surface area contributed by atoms with Crippen LogP contribution in [0, 0.1) is 6.42 Å². The molecule has 0 aliphatic carbocycles. The zero-order valence-electron chi connectivity index (χ0n) is 3.22. The van der Waals surface area contributed by atoms with E-state index >= 15 is 0 Å². The first-order valence-corrected chi connectivity index (χ1v) is 1.46. The van der Waals surface area contributed by atoms with Crippen molar-refractivity contribution >= 4 is 5.97 Å². The summed E-state index contributed by atoms with van der Waals surface area (Å²) in [5.74, 6) is -0.954. The molecule has 0 bridgehead atoms. The average molecular weight is 85.1 g/mol. The van der Waals surface area contributed by atoms with Gasteiger partial charge in [0.05, 0.1) is 6.08 Å². The van der Waals surface area contributed by atoms with Gasteiger partial charge < -0.3 is 5.11 Å². The molecule has 2 heteroatoms. The molecule has 0 aromatic rings.